The van der Waals surface area contributed by atoms with Crippen molar-refractivity contribution in [1.82, 2.24) is 24.5 Å². The Morgan fingerprint density at radius 3 is 2.95 bits per heavy atom. The van der Waals surface area contributed by atoms with Gasteiger partial charge in [-0.3, -0.25) is 9.20 Å². The number of thioether (sulfide) groups is 1. The maximum Gasteiger partial charge on any atom is 0.255 e. The lowest BCUT2D eigenvalue weighted by Crippen LogP contribution is -2.36. The third kappa shape index (κ3) is 2.70. The zero-order chi connectivity index (χ0) is 13.1. The number of amides is 1. The summed E-state index contributed by atoms with van der Waals surface area (Å²) >= 11 is 1.42. The highest BCUT2D eigenvalue weighted by Gasteiger charge is 2.17. The van der Waals surface area contributed by atoms with Crippen molar-refractivity contribution in [2.75, 3.05) is 18.8 Å². The Morgan fingerprint density at radius 2 is 2.11 bits per heavy atom. The molecule has 1 saturated heterocycles. The van der Waals surface area contributed by atoms with E-state index in [4.69, 9.17) is 0 Å². The Labute approximate surface area is 115 Å². The van der Waals surface area contributed by atoms with Crippen LogP contribution in [0.3, 0.4) is 0 Å². The van der Waals surface area contributed by atoms with Gasteiger partial charge in [-0.25, -0.2) is 4.98 Å². The Hall–Kier alpha value is -1.63. The molecular formula is C12H15N5OS. The van der Waals surface area contributed by atoms with Gasteiger partial charge in [-0.05, 0) is 25.3 Å². The van der Waals surface area contributed by atoms with Crippen molar-refractivity contribution in [3.05, 3.63) is 18.5 Å². The maximum atomic E-state index is 12.1. The molecule has 0 spiro atoms. The van der Waals surface area contributed by atoms with Gasteiger partial charge in [0.2, 0.25) is 5.91 Å². The van der Waals surface area contributed by atoms with Crippen molar-refractivity contribution in [3.63, 3.8) is 0 Å². The van der Waals surface area contributed by atoms with Gasteiger partial charge in [-0.1, -0.05) is 11.8 Å². The number of carbonyl (C=O) groups excluding carboxylic acids is 1. The number of piperidine rings is 1. The van der Waals surface area contributed by atoms with E-state index in [1.54, 1.807) is 10.6 Å². The zero-order valence-corrected chi connectivity index (χ0v) is 11.3. The van der Waals surface area contributed by atoms with E-state index < -0.39 is 0 Å². The Morgan fingerprint density at radius 1 is 1.26 bits per heavy atom. The predicted octanol–water partition coefficient (Wildman–Crippen LogP) is 1.23. The smallest absolute Gasteiger partial charge is 0.255 e. The van der Waals surface area contributed by atoms with E-state index in [1.807, 2.05) is 17.2 Å². The molecule has 7 heteroatoms. The highest BCUT2D eigenvalue weighted by atomic mass is 32.2. The van der Waals surface area contributed by atoms with E-state index in [0.29, 0.717) is 16.7 Å². The average Bonchev–Trinajstić information content (AvgIpc) is 2.89. The lowest BCUT2D eigenvalue weighted by atomic mass is 10.1. The van der Waals surface area contributed by atoms with Gasteiger partial charge in [0, 0.05) is 25.5 Å². The molecule has 100 valence electrons. The Kier molecular flexibility index (Phi) is 3.63. The number of hydrogen-bond acceptors (Lipinski definition) is 5. The average molecular weight is 277 g/mol. The lowest BCUT2D eigenvalue weighted by Gasteiger charge is -2.26. The summed E-state index contributed by atoms with van der Waals surface area (Å²) in [5, 5.41) is 8.74. The minimum absolute atomic E-state index is 0.186. The predicted molar refractivity (Wildman–Crippen MR) is 71.9 cm³/mol. The fraction of sp³-hybridized carbons (Fsp3) is 0.500. The van der Waals surface area contributed by atoms with Crippen LogP contribution in [0.2, 0.25) is 0 Å². The van der Waals surface area contributed by atoms with E-state index in [2.05, 4.69) is 15.2 Å². The molecular weight excluding hydrogens is 262 g/mol. The summed E-state index contributed by atoms with van der Waals surface area (Å²) < 4.78 is 1.80. The van der Waals surface area contributed by atoms with Gasteiger partial charge in [0.25, 0.3) is 5.78 Å². The Bertz CT molecular complexity index is 578. The molecule has 0 aliphatic carbocycles. The second-order valence-electron chi connectivity index (χ2n) is 4.50. The second kappa shape index (κ2) is 5.56. The molecule has 1 aliphatic rings. The van der Waals surface area contributed by atoms with Crippen LogP contribution < -0.4 is 0 Å². The first-order valence-electron chi connectivity index (χ1n) is 6.41. The van der Waals surface area contributed by atoms with Crippen LogP contribution in [0.4, 0.5) is 0 Å². The quantitative estimate of drug-likeness (QED) is 0.790. The first kappa shape index (κ1) is 12.4. The summed E-state index contributed by atoms with van der Waals surface area (Å²) in [6.07, 6.45) is 7.01. The molecule has 0 saturated carbocycles. The van der Waals surface area contributed by atoms with Crippen LogP contribution in [0.15, 0.2) is 23.6 Å². The summed E-state index contributed by atoms with van der Waals surface area (Å²) in [6.45, 7) is 1.78. The van der Waals surface area contributed by atoms with Gasteiger partial charge in [0.1, 0.15) is 0 Å². The van der Waals surface area contributed by atoms with Gasteiger partial charge in [0.05, 0.1) is 5.75 Å². The van der Waals surface area contributed by atoms with Crippen LogP contribution in [0.1, 0.15) is 19.3 Å². The molecule has 0 radical (unpaired) electrons. The highest BCUT2D eigenvalue weighted by molar-refractivity contribution is 7.99. The van der Waals surface area contributed by atoms with Crippen LogP contribution in [-0.4, -0.2) is 49.2 Å². The van der Waals surface area contributed by atoms with Crippen LogP contribution in [-0.2, 0) is 4.79 Å². The molecule has 2 aromatic heterocycles. The molecule has 0 N–H and O–H groups in total. The van der Waals surface area contributed by atoms with Gasteiger partial charge < -0.3 is 4.90 Å². The first-order valence-corrected chi connectivity index (χ1v) is 7.39. The van der Waals surface area contributed by atoms with Crippen molar-refractivity contribution in [2.45, 2.75) is 24.4 Å². The van der Waals surface area contributed by atoms with Crippen LogP contribution >= 0.6 is 11.8 Å². The number of fused-ring (bicyclic) bond motifs is 1. The van der Waals surface area contributed by atoms with E-state index in [1.165, 1.54) is 18.2 Å². The minimum atomic E-state index is 0.186. The molecule has 3 heterocycles. The standard InChI is InChI=1S/C12H15N5OS/c18-10(16-6-2-1-3-7-16)9-19-12-15-14-11-13-5-4-8-17(11)12/h4-5,8H,1-3,6-7,9H2. The topological polar surface area (TPSA) is 63.4 Å². The van der Waals surface area contributed by atoms with Crippen molar-refractivity contribution in [1.29, 1.82) is 0 Å². The summed E-state index contributed by atoms with van der Waals surface area (Å²) in [6, 6.07) is 1.83. The minimum Gasteiger partial charge on any atom is -0.342 e. The monoisotopic (exact) mass is 277 g/mol. The van der Waals surface area contributed by atoms with Crippen molar-refractivity contribution in [2.24, 2.45) is 0 Å². The van der Waals surface area contributed by atoms with E-state index in [9.17, 15) is 4.79 Å². The molecule has 0 atom stereocenters. The third-order valence-electron chi connectivity index (χ3n) is 3.19. The number of likely N-dealkylation sites (tertiary alicyclic amines) is 1. The summed E-state index contributed by atoms with van der Waals surface area (Å²) in [5.74, 6) is 1.16. The number of aromatic nitrogens is 4. The molecule has 0 unspecified atom stereocenters. The summed E-state index contributed by atoms with van der Waals surface area (Å²) in [4.78, 5) is 18.1. The molecule has 1 aliphatic heterocycles. The van der Waals surface area contributed by atoms with E-state index in [0.717, 1.165) is 25.9 Å². The first-order chi connectivity index (χ1) is 9.34. The molecule has 2 aromatic rings. The fourth-order valence-electron chi connectivity index (χ4n) is 2.18. The van der Waals surface area contributed by atoms with Crippen LogP contribution in [0.5, 0.6) is 0 Å². The summed E-state index contributed by atoms with van der Waals surface area (Å²) in [5.41, 5.74) is 0. The maximum absolute atomic E-state index is 12.1. The van der Waals surface area contributed by atoms with E-state index >= 15 is 0 Å². The molecule has 1 amide bonds. The normalized spacial score (nSPS) is 15.9. The largest absolute Gasteiger partial charge is 0.342 e. The highest BCUT2D eigenvalue weighted by Crippen LogP contribution is 2.17. The Balaban J connectivity index is 1.64. The van der Waals surface area contributed by atoms with Gasteiger partial charge >= 0.3 is 0 Å². The lowest BCUT2D eigenvalue weighted by molar-refractivity contribution is -0.129. The fourth-order valence-corrected chi connectivity index (χ4v) is 3.00. The molecule has 0 bridgehead atoms. The van der Waals surface area contributed by atoms with Gasteiger partial charge in [-0.2, -0.15) is 0 Å². The molecule has 1 fully saturated rings. The van der Waals surface area contributed by atoms with Gasteiger partial charge in [-0.15, -0.1) is 10.2 Å². The van der Waals surface area contributed by atoms with E-state index in [-0.39, 0.29) is 5.91 Å². The number of nitrogens with zero attached hydrogens (tertiary/aromatic N) is 5. The van der Waals surface area contributed by atoms with Crippen LogP contribution in [0.25, 0.3) is 5.78 Å². The van der Waals surface area contributed by atoms with Crippen molar-refractivity contribution < 1.29 is 4.79 Å². The van der Waals surface area contributed by atoms with Crippen LogP contribution in [0, 0.1) is 0 Å². The van der Waals surface area contributed by atoms with Gasteiger partial charge in [0.15, 0.2) is 5.16 Å². The van der Waals surface area contributed by atoms with Crippen molar-refractivity contribution >= 4 is 23.4 Å². The van der Waals surface area contributed by atoms with Crippen molar-refractivity contribution in [3.8, 4) is 0 Å². The SMILES string of the molecule is O=C(CSc1nnc2ncccn12)N1CCCCC1. The number of carbonyl (C=O) groups is 1. The molecule has 3 rings (SSSR count). The molecule has 6 nitrogen and oxygen atoms in total. The number of hydrogen-bond donors (Lipinski definition) is 0. The molecule has 0 aromatic carbocycles. The third-order valence-corrected chi connectivity index (χ3v) is 4.12. The second-order valence-corrected chi connectivity index (χ2v) is 5.44. The number of rotatable bonds is 3. The zero-order valence-electron chi connectivity index (χ0n) is 10.5. The summed E-state index contributed by atoms with van der Waals surface area (Å²) in [7, 11) is 0. The molecule has 19 heavy (non-hydrogen) atoms.